The molecule has 25 heavy (non-hydrogen) atoms. The predicted molar refractivity (Wildman–Crippen MR) is 93.4 cm³/mol. The van der Waals surface area contributed by atoms with Crippen LogP contribution in [0.25, 0.3) is 32.8 Å². The van der Waals surface area contributed by atoms with Crippen molar-refractivity contribution in [3.05, 3.63) is 66.1 Å². The summed E-state index contributed by atoms with van der Waals surface area (Å²) in [5.74, 6) is 0. The van der Waals surface area contributed by atoms with E-state index >= 15 is 0 Å². The maximum atomic E-state index is 12.7. The van der Waals surface area contributed by atoms with Crippen molar-refractivity contribution in [3.63, 3.8) is 0 Å². The van der Waals surface area contributed by atoms with Crippen LogP contribution in [-0.2, 0) is 12.8 Å². The number of benzene rings is 1. The molecule has 0 amide bonds. The van der Waals surface area contributed by atoms with Gasteiger partial charge in [0.05, 0.1) is 16.3 Å². The van der Waals surface area contributed by atoms with E-state index in [1.165, 1.54) is 6.07 Å². The number of aromatic nitrogens is 1. The standard InChI is InChI=1S/C19H13NO5/c1-8-7-12-11(5-6-13(21)24-12)14-16(8)20-18(22)15-9-3-2-4-10(9)19(23)25-17(14)15/h5-7H,2-4H2,1H3,(H,20,22). The Kier molecular flexibility index (Phi) is 2.67. The van der Waals surface area contributed by atoms with E-state index in [1.54, 1.807) is 12.1 Å². The number of rotatable bonds is 0. The van der Waals surface area contributed by atoms with Gasteiger partial charge in [-0.3, -0.25) is 4.79 Å². The van der Waals surface area contributed by atoms with Crippen molar-refractivity contribution < 1.29 is 8.83 Å². The maximum Gasteiger partial charge on any atom is 0.339 e. The summed E-state index contributed by atoms with van der Waals surface area (Å²) in [6.07, 6.45) is 2.15. The van der Waals surface area contributed by atoms with Crippen molar-refractivity contribution >= 4 is 32.8 Å². The fourth-order valence-electron chi connectivity index (χ4n) is 3.92. The molecule has 1 N–H and O–H groups in total. The molecule has 0 radical (unpaired) electrons. The monoisotopic (exact) mass is 335 g/mol. The van der Waals surface area contributed by atoms with Gasteiger partial charge in [0.25, 0.3) is 5.56 Å². The Balaban J connectivity index is 2.17. The van der Waals surface area contributed by atoms with Crippen LogP contribution in [0.2, 0.25) is 0 Å². The number of aryl methyl sites for hydroxylation is 2. The van der Waals surface area contributed by atoms with Gasteiger partial charge >= 0.3 is 11.3 Å². The lowest BCUT2D eigenvalue weighted by atomic mass is 10.0. The number of hydrogen-bond donors (Lipinski definition) is 1. The number of nitrogens with one attached hydrogen (secondary N) is 1. The summed E-state index contributed by atoms with van der Waals surface area (Å²) in [7, 11) is 0. The largest absolute Gasteiger partial charge is 0.423 e. The molecule has 0 unspecified atom stereocenters. The molecule has 1 aliphatic rings. The molecule has 6 heteroatoms. The minimum Gasteiger partial charge on any atom is -0.423 e. The first kappa shape index (κ1) is 14.2. The summed E-state index contributed by atoms with van der Waals surface area (Å²) in [4.78, 5) is 39.6. The molecule has 0 aliphatic heterocycles. The molecule has 3 aromatic heterocycles. The van der Waals surface area contributed by atoms with Gasteiger partial charge < -0.3 is 13.8 Å². The normalized spacial score (nSPS) is 13.8. The van der Waals surface area contributed by atoms with E-state index in [2.05, 4.69) is 4.98 Å². The molecule has 124 valence electrons. The van der Waals surface area contributed by atoms with Crippen LogP contribution in [-0.4, -0.2) is 4.98 Å². The maximum absolute atomic E-state index is 12.7. The van der Waals surface area contributed by atoms with Crippen LogP contribution in [0.15, 0.2) is 41.4 Å². The summed E-state index contributed by atoms with van der Waals surface area (Å²) in [5, 5.41) is 1.65. The molecule has 0 saturated heterocycles. The van der Waals surface area contributed by atoms with Crippen LogP contribution in [0.4, 0.5) is 0 Å². The highest BCUT2D eigenvalue weighted by Crippen LogP contribution is 2.33. The average Bonchev–Trinajstić information content (AvgIpc) is 3.05. The summed E-state index contributed by atoms with van der Waals surface area (Å²) >= 11 is 0. The van der Waals surface area contributed by atoms with Crippen molar-refractivity contribution in [1.29, 1.82) is 0 Å². The fourth-order valence-corrected chi connectivity index (χ4v) is 3.92. The van der Waals surface area contributed by atoms with Crippen LogP contribution >= 0.6 is 0 Å². The van der Waals surface area contributed by atoms with Gasteiger partial charge in [0, 0.05) is 17.0 Å². The number of aromatic amines is 1. The third kappa shape index (κ3) is 1.82. The molecule has 0 atom stereocenters. The molecule has 5 rings (SSSR count). The van der Waals surface area contributed by atoms with Crippen LogP contribution in [0.5, 0.6) is 0 Å². The summed E-state index contributed by atoms with van der Waals surface area (Å²) in [6.45, 7) is 1.81. The summed E-state index contributed by atoms with van der Waals surface area (Å²) in [5.41, 5.74) is 2.26. The predicted octanol–water partition coefficient (Wildman–Crippen LogP) is 2.54. The lowest BCUT2D eigenvalue weighted by molar-refractivity contribution is 0.553. The van der Waals surface area contributed by atoms with E-state index < -0.39 is 5.63 Å². The van der Waals surface area contributed by atoms with Gasteiger partial charge in [-0.15, -0.1) is 0 Å². The Morgan fingerprint density at radius 3 is 2.64 bits per heavy atom. The Morgan fingerprint density at radius 2 is 1.80 bits per heavy atom. The average molecular weight is 335 g/mol. The third-order valence-electron chi connectivity index (χ3n) is 5.00. The molecular weight excluding hydrogens is 322 g/mol. The second-order valence-corrected chi connectivity index (χ2v) is 6.47. The van der Waals surface area contributed by atoms with Crippen molar-refractivity contribution in [2.45, 2.75) is 26.2 Å². The van der Waals surface area contributed by atoms with Crippen LogP contribution in [0.1, 0.15) is 23.1 Å². The number of fused-ring (bicyclic) bond motifs is 7. The minimum absolute atomic E-state index is 0.260. The zero-order chi connectivity index (χ0) is 17.3. The van der Waals surface area contributed by atoms with Gasteiger partial charge in [0.1, 0.15) is 5.58 Å². The third-order valence-corrected chi connectivity index (χ3v) is 5.00. The first-order valence-corrected chi connectivity index (χ1v) is 8.12. The Hall–Kier alpha value is -3.15. The SMILES string of the molecule is Cc1cc2oc(=O)ccc2c2c1[nH]c(=O)c1c3c(c(=O)oc12)CCC3. The molecular formula is C19H13NO5. The van der Waals surface area contributed by atoms with Crippen molar-refractivity contribution in [2.75, 3.05) is 0 Å². The first-order chi connectivity index (χ1) is 12.0. The van der Waals surface area contributed by atoms with E-state index in [0.717, 1.165) is 17.5 Å². The van der Waals surface area contributed by atoms with Crippen LogP contribution < -0.4 is 16.8 Å². The molecule has 0 saturated carbocycles. The highest BCUT2D eigenvalue weighted by atomic mass is 16.4. The molecule has 0 bridgehead atoms. The topological polar surface area (TPSA) is 93.3 Å². The summed E-state index contributed by atoms with van der Waals surface area (Å²) < 4.78 is 10.9. The van der Waals surface area contributed by atoms with Crippen LogP contribution in [0, 0.1) is 6.92 Å². The van der Waals surface area contributed by atoms with E-state index in [1.807, 2.05) is 6.92 Å². The second kappa shape index (κ2) is 4.69. The Labute approximate surface area is 139 Å². The van der Waals surface area contributed by atoms with Crippen molar-refractivity contribution in [2.24, 2.45) is 0 Å². The molecule has 4 aromatic rings. The molecule has 1 aliphatic carbocycles. The van der Waals surface area contributed by atoms with E-state index in [0.29, 0.717) is 45.7 Å². The number of H-pyrrole nitrogens is 1. The van der Waals surface area contributed by atoms with E-state index in [9.17, 15) is 14.4 Å². The lowest BCUT2D eigenvalue weighted by Gasteiger charge is -2.10. The van der Waals surface area contributed by atoms with Gasteiger partial charge in [-0.2, -0.15) is 0 Å². The van der Waals surface area contributed by atoms with E-state index in [4.69, 9.17) is 8.83 Å². The quantitative estimate of drug-likeness (QED) is 0.394. The number of hydrogen-bond acceptors (Lipinski definition) is 5. The van der Waals surface area contributed by atoms with Crippen molar-refractivity contribution in [3.8, 4) is 0 Å². The fraction of sp³-hybridized carbons (Fsp3) is 0.211. The van der Waals surface area contributed by atoms with Gasteiger partial charge in [-0.1, -0.05) is 0 Å². The highest BCUT2D eigenvalue weighted by molar-refractivity contribution is 6.17. The minimum atomic E-state index is -0.456. The molecule has 0 fully saturated rings. The highest BCUT2D eigenvalue weighted by Gasteiger charge is 2.24. The molecule has 3 heterocycles. The van der Waals surface area contributed by atoms with E-state index in [-0.39, 0.29) is 16.8 Å². The second-order valence-electron chi connectivity index (χ2n) is 6.47. The zero-order valence-corrected chi connectivity index (χ0v) is 13.4. The van der Waals surface area contributed by atoms with Gasteiger partial charge in [0.15, 0.2) is 5.58 Å². The number of pyridine rings is 1. The van der Waals surface area contributed by atoms with Crippen LogP contribution in [0.3, 0.4) is 0 Å². The Bertz CT molecular complexity index is 1390. The Morgan fingerprint density at radius 1 is 1.00 bits per heavy atom. The molecule has 6 nitrogen and oxygen atoms in total. The smallest absolute Gasteiger partial charge is 0.339 e. The van der Waals surface area contributed by atoms with Gasteiger partial charge in [0.2, 0.25) is 0 Å². The molecule has 0 spiro atoms. The summed E-state index contributed by atoms with van der Waals surface area (Å²) in [6, 6.07) is 4.65. The zero-order valence-electron chi connectivity index (χ0n) is 13.4. The van der Waals surface area contributed by atoms with Gasteiger partial charge in [-0.25, -0.2) is 9.59 Å². The lowest BCUT2D eigenvalue weighted by Crippen LogP contribution is -2.15. The molecule has 1 aromatic carbocycles. The van der Waals surface area contributed by atoms with Crippen molar-refractivity contribution in [1.82, 2.24) is 4.98 Å². The first-order valence-electron chi connectivity index (χ1n) is 8.12. The van der Waals surface area contributed by atoms with Gasteiger partial charge in [-0.05, 0) is 49.4 Å².